The van der Waals surface area contributed by atoms with Gasteiger partial charge in [0.2, 0.25) is 0 Å². The lowest BCUT2D eigenvalue weighted by molar-refractivity contribution is -0.155. The van der Waals surface area contributed by atoms with Crippen LogP contribution in [0.1, 0.15) is 45.6 Å². The monoisotopic (exact) mass is 292 g/mol. The average molecular weight is 292 g/mol. The van der Waals surface area contributed by atoms with Crippen molar-refractivity contribution >= 4 is 11.8 Å². The zero-order chi connectivity index (χ0) is 15.7. The number of esters is 1. The van der Waals surface area contributed by atoms with Gasteiger partial charge in [-0.15, -0.1) is 0 Å². The van der Waals surface area contributed by atoms with Crippen LogP contribution < -0.4 is 0 Å². The summed E-state index contributed by atoms with van der Waals surface area (Å²) in [6.45, 7) is 6.31. The molecule has 0 saturated heterocycles. The third kappa shape index (κ3) is 8.97. The first-order valence-corrected chi connectivity index (χ1v) is 7.22. The number of ketones is 1. The second-order valence-electron chi connectivity index (χ2n) is 5.91. The van der Waals surface area contributed by atoms with Gasteiger partial charge in [-0.25, -0.2) is 0 Å². The van der Waals surface area contributed by atoms with Crippen LogP contribution in [0.3, 0.4) is 0 Å². The minimum Gasteiger partial charge on any atom is -0.460 e. The van der Waals surface area contributed by atoms with E-state index in [2.05, 4.69) is 0 Å². The summed E-state index contributed by atoms with van der Waals surface area (Å²) in [6.07, 6.45) is 0.675. The molecular formula is C17H24O4. The number of Topliss-reactive ketones (excluding diaryl/α,β-unsaturated/α-hetero) is 1. The van der Waals surface area contributed by atoms with Crippen molar-refractivity contribution in [3.63, 3.8) is 0 Å². The molecule has 0 saturated carbocycles. The number of benzene rings is 1. The van der Waals surface area contributed by atoms with Gasteiger partial charge >= 0.3 is 5.97 Å². The number of hydrogen-bond acceptors (Lipinski definition) is 4. The minimum atomic E-state index is -0.501. The van der Waals surface area contributed by atoms with E-state index in [9.17, 15) is 9.59 Å². The highest BCUT2D eigenvalue weighted by Crippen LogP contribution is 2.09. The second kappa shape index (κ2) is 8.57. The molecule has 0 aliphatic rings. The fourth-order valence-corrected chi connectivity index (χ4v) is 1.71. The van der Waals surface area contributed by atoms with E-state index in [1.54, 1.807) is 0 Å². The highest BCUT2D eigenvalue weighted by Gasteiger charge is 2.16. The van der Waals surface area contributed by atoms with E-state index in [0.29, 0.717) is 19.6 Å². The van der Waals surface area contributed by atoms with Crippen LogP contribution in [-0.4, -0.2) is 24.0 Å². The van der Waals surface area contributed by atoms with Crippen molar-refractivity contribution < 1.29 is 19.1 Å². The molecule has 1 aromatic carbocycles. The van der Waals surface area contributed by atoms with Crippen LogP contribution in [0.4, 0.5) is 0 Å². The lowest BCUT2D eigenvalue weighted by Gasteiger charge is -2.19. The van der Waals surface area contributed by atoms with Crippen LogP contribution in [0.2, 0.25) is 0 Å². The second-order valence-corrected chi connectivity index (χ2v) is 5.91. The molecule has 0 aliphatic heterocycles. The Balaban J connectivity index is 2.10. The first-order chi connectivity index (χ1) is 9.87. The van der Waals surface area contributed by atoms with Crippen molar-refractivity contribution in [3.8, 4) is 0 Å². The Morgan fingerprint density at radius 1 is 1.00 bits per heavy atom. The zero-order valence-corrected chi connectivity index (χ0v) is 13.1. The van der Waals surface area contributed by atoms with Crippen molar-refractivity contribution in [2.75, 3.05) is 6.61 Å². The summed E-state index contributed by atoms with van der Waals surface area (Å²) in [4.78, 5) is 23.1. The van der Waals surface area contributed by atoms with Gasteiger partial charge in [0.15, 0.2) is 0 Å². The Kier molecular flexibility index (Phi) is 7.09. The summed E-state index contributed by atoms with van der Waals surface area (Å²) in [7, 11) is 0. The Hall–Kier alpha value is -1.68. The lowest BCUT2D eigenvalue weighted by atomic mass is 10.1. The van der Waals surface area contributed by atoms with Crippen LogP contribution >= 0.6 is 0 Å². The number of rotatable bonds is 8. The standard InChI is InChI=1S/C17H24O4/c1-17(2,3)21-16(19)10-9-15(18)11-12-20-13-14-7-5-4-6-8-14/h4-8H,9-13H2,1-3H3. The predicted molar refractivity (Wildman–Crippen MR) is 80.8 cm³/mol. The Labute approximate surface area is 126 Å². The summed E-state index contributed by atoms with van der Waals surface area (Å²) in [6, 6.07) is 9.80. The van der Waals surface area contributed by atoms with Gasteiger partial charge in [-0.3, -0.25) is 9.59 Å². The van der Waals surface area contributed by atoms with Gasteiger partial charge in [0.25, 0.3) is 0 Å². The van der Waals surface area contributed by atoms with Crippen molar-refractivity contribution in [3.05, 3.63) is 35.9 Å². The molecule has 0 heterocycles. The fourth-order valence-electron chi connectivity index (χ4n) is 1.71. The maximum absolute atomic E-state index is 11.6. The summed E-state index contributed by atoms with van der Waals surface area (Å²) < 4.78 is 10.6. The van der Waals surface area contributed by atoms with Gasteiger partial charge in [0.1, 0.15) is 11.4 Å². The van der Waals surface area contributed by atoms with Crippen molar-refractivity contribution in [2.45, 2.75) is 52.2 Å². The summed E-state index contributed by atoms with van der Waals surface area (Å²) in [5, 5.41) is 0. The van der Waals surface area contributed by atoms with Gasteiger partial charge in [0, 0.05) is 12.8 Å². The molecular weight excluding hydrogens is 268 g/mol. The summed E-state index contributed by atoms with van der Waals surface area (Å²) in [5.41, 5.74) is 0.581. The molecule has 0 aromatic heterocycles. The molecule has 21 heavy (non-hydrogen) atoms. The van der Waals surface area contributed by atoms with E-state index < -0.39 is 5.60 Å². The Bertz CT molecular complexity index is 446. The molecule has 0 radical (unpaired) electrons. The first-order valence-electron chi connectivity index (χ1n) is 7.22. The number of ether oxygens (including phenoxy) is 2. The lowest BCUT2D eigenvalue weighted by Crippen LogP contribution is -2.24. The van der Waals surface area contributed by atoms with Gasteiger partial charge in [-0.1, -0.05) is 30.3 Å². The van der Waals surface area contributed by atoms with E-state index in [4.69, 9.17) is 9.47 Å². The molecule has 4 nitrogen and oxygen atoms in total. The molecule has 0 bridgehead atoms. The topological polar surface area (TPSA) is 52.6 Å². The van der Waals surface area contributed by atoms with Crippen LogP contribution in [0.15, 0.2) is 30.3 Å². The molecule has 0 atom stereocenters. The van der Waals surface area contributed by atoms with E-state index in [0.717, 1.165) is 5.56 Å². The summed E-state index contributed by atoms with van der Waals surface area (Å²) >= 11 is 0. The molecule has 0 N–H and O–H groups in total. The van der Waals surface area contributed by atoms with Crippen molar-refractivity contribution in [1.82, 2.24) is 0 Å². The fraction of sp³-hybridized carbons (Fsp3) is 0.529. The van der Waals surface area contributed by atoms with Crippen molar-refractivity contribution in [1.29, 1.82) is 0 Å². The van der Waals surface area contributed by atoms with Crippen molar-refractivity contribution in [2.24, 2.45) is 0 Å². The maximum Gasteiger partial charge on any atom is 0.306 e. The molecule has 0 fully saturated rings. The molecule has 0 spiro atoms. The normalized spacial score (nSPS) is 11.2. The van der Waals surface area contributed by atoms with E-state index in [-0.39, 0.29) is 24.6 Å². The van der Waals surface area contributed by atoms with E-state index in [1.807, 2.05) is 51.1 Å². The van der Waals surface area contributed by atoms with Gasteiger partial charge in [-0.05, 0) is 26.3 Å². The number of carbonyl (C=O) groups excluding carboxylic acids is 2. The van der Waals surface area contributed by atoms with Crippen LogP contribution in [0.25, 0.3) is 0 Å². The maximum atomic E-state index is 11.6. The van der Waals surface area contributed by atoms with E-state index >= 15 is 0 Å². The molecule has 0 amide bonds. The van der Waals surface area contributed by atoms with Crippen LogP contribution in [-0.2, 0) is 25.7 Å². The van der Waals surface area contributed by atoms with Gasteiger partial charge in [0.05, 0.1) is 19.6 Å². The first kappa shape index (κ1) is 17.4. The molecule has 116 valence electrons. The quantitative estimate of drug-likeness (QED) is 0.545. The average Bonchev–Trinajstić information content (AvgIpc) is 2.41. The number of carbonyl (C=O) groups is 2. The SMILES string of the molecule is CC(C)(C)OC(=O)CCC(=O)CCOCc1ccccc1. The minimum absolute atomic E-state index is 0.0221. The van der Waals surface area contributed by atoms with E-state index in [1.165, 1.54) is 0 Å². The Morgan fingerprint density at radius 2 is 1.67 bits per heavy atom. The van der Waals surface area contributed by atoms with Crippen LogP contribution in [0, 0.1) is 0 Å². The molecule has 0 aliphatic carbocycles. The van der Waals surface area contributed by atoms with Gasteiger partial charge in [-0.2, -0.15) is 0 Å². The Morgan fingerprint density at radius 3 is 2.29 bits per heavy atom. The smallest absolute Gasteiger partial charge is 0.306 e. The predicted octanol–water partition coefficient (Wildman–Crippen LogP) is 3.28. The highest BCUT2D eigenvalue weighted by atomic mass is 16.6. The summed E-state index contributed by atoms with van der Waals surface area (Å²) in [5.74, 6) is -0.310. The molecule has 4 heteroatoms. The molecule has 1 aromatic rings. The van der Waals surface area contributed by atoms with Crippen LogP contribution in [0.5, 0.6) is 0 Å². The largest absolute Gasteiger partial charge is 0.460 e. The molecule has 1 rings (SSSR count). The third-order valence-electron chi connectivity index (χ3n) is 2.66. The number of hydrogen-bond donors (Lipinski definition) is 0. The zero-order valence-electron chi connectivity index (χ0n) is 13.1. The molecule has 0 unspecified atom stereocenters. The highest BCUT2D eigenvalue weighted by molar-refractivity contribution is 5.83. The third-order valence-corrected chi connectivity index (χ3v) is 2.66. The van der Waals surface area contributed by atoms with Gasteiger partial charge < -0.3 is 9.47 Å².